The van der Waals surface area contributed by atoms with E-state index in [4.69, 9.17) is 11.6 Å². The molecule has 0 amide bonds. The van der Waals surface area contributed by atoms with Crippen molar-refractivity contribution in [2.45, 2.75) is 6.54 Å². The molecule has 0 aliphatic rings. The summed E-state index contributed by atoms with van der Waals surface area (Å²) in [5.74, 6) is 1.08. The molecule has 0 spiro atoms. The third kappa shape index (κ3) is 3.51. The molecule has 2 aromatic rings. The summed E-state index contributed by atoms with van der Waals surface area (Å²) in [6.07, 6.45) is 3.52. The van der Waals surface area contributed by atoms with Crippen LogP contribution in [-0.2, 0) is 6.54 Å². The monoisotopic (exact) mass is 278 g/mol. The lowest BCUT2D eigenvalue weighted by Crippen LogP contribution is -2.22. The molecule has 0 aliphatic heterocycles. The minimum absolute atomic E-state index is 0.190. The average Bonchev–Trinajstić information content (AvgIpc) is 2.39. The lowest BCUT2D eigenvalue weighted by molar-refractivity contribution is 0.840. The highest BCUT2D eigenvalue weighted by molar-refractivity contribution is 6.28. The van der Waals surface area contributed by atoms with Gasteiger partial charge in [-0.1, -0.05) is 0 Å². The van der Waals surface area contributed by atoms with Crippen LogP contribution in [0.3, 0.4) is 0 Å². The Morgan fingerprint density at radius 2 is 1.63 bits per heavy atom. The minimum atomic E-state index is 0.190. The summed E-state index contributed by atoms with van der Waals surface area (Å²) in [6.45, 7) is 0.676. The highest BCUT2D eigenvalue weighted by atomic mass is 35.5. The first-order valence-corrected chi connectivity index (χ1v) is 6.13. The van der Waals surface area contributed by atoms with E-state index < -0.39 is 0 Å². The van der Waals surface area contributed by atoms with Crippen LogP contribution in [0.1, 0.15) is 5.56 Å². The van der Waals surface area contributed by atoms with E-state index >= 15 is 0 Å². The van der Waals surface area contributed by atoms with Crippen molar-refractivity contribution in [3.05, 3.63) is 35.4 Å². The fraction of sp³-hybridized carbons (Fsp3) is 0.333. The molecule has 0 radical (unpaired) electrons. The van der Waals surface area contributed by atoms with Crippen molar-refractivity contribution in [2.24, 2.45) is 0 Å². The van der Waals surface area contributed by atoms with Gasteiger partial charge in [0.05, 0.1) is 0 Å². The Labute approximate surface area is 117 Å². The molecule has 0 aromatic carbocycles. The first-order valence-electron chi connectivity index (χ1n) is 5.75. The van der Waals surface area contributed by atoms with Crippen LogP contribution in [-0.4, -0.2) is 41.1 Å². The quantitative estimate of drug-likeness (QED) is 0.847. The van der Waals surface area contributed by atoms with Crippen LogP contribution in [0.5, 0.6) is 0 Å². The molecule has 6 nitrogen and oxygen atoms in total. The van der Waals surface area contributed by atoms with E-state index in [1.807, 2.05) is 38.2 Å². The molecule has 2 aromatic heterocycles. The van der Waals surface area contributed by atoms with Gasteiger partial charge in [-0.2, -0.15) is 15.0 Å². The molecule has 19 heavy (non-hydrogen) atoms. The third-order valence-corrected chi connectivity index (χ3v) is 2.66. The summed E-state index contributed by atoms with van der Waals surface area (Å²) >= 11 is 5.92. The number of nitrogens with zero attached hydrogens (tertiary/aromatic N) is 6. The zero-order chi connectivity index (χ0) is 13.8. The van der Waals surface area contributed by atoms with Crippen LogP contribution in [0.2, 0.25) is 5.28 Å². The zero-order valence-electron chi connectivity index (χ0n) is 11.1. The molecular formula is C12H15ClN6. The molecule has 0 atom stereocenters. The number of hydrogen-bond acceptors (Lipinski definition) is 6. The first-order chi connectivity index (χ1) is 9.06. The molecule has 0 N–H and O–H groups in total. The third-order valence-electron chi connectivity index (χ3n) is 2.50. The van der Waals surface area contributed by atoms with E-state index in [0.29, 0.717) is 18.4 Å². The minimum Gasteiger partial charge on any atom is -0.347 e. The molecule has 0 saturated carbocycles. The lowest BCUT2D eigenvalue weighted by Gasteiger charge is -2.19. The molecule has 100 valence electrons. The highest BCUT2D eigenvalue weighted by Crippen LogP contribution is 2.15. The fourth-order valence-electron chi connectivity index (χ4n) is 1.53. The summed E-state index contributed by atoms with van der Waals surface area (Å²) in [5.41, 5.74) is 1.13. The predicted octanol–water partition coefficient (Wildman–Crippen LogP) is 1.62. The number of hydrogen-bond donors (Lipinski definition) is 0. The maximum absolute atomic E-state index is 5.92. The van der Waals surface area contributed by atoms with Gasteiger partial charge in [-0.3, -0.25) is 4.98 Å². The van der Waals surface area contributed by atoms with Crippen molar-refractivity contribution >= 4 is 23.5 Å². The summed E-state index contributed by atoms with van der Waals surface area (Å²) in [4.78, 5) is 20.2. The molecule has 0 saturated heterocycles. The van der Waals surface area contributed by atoms with Crippen molar-refractivity contribution < 1.29 is 0 Å². The van der Waals surface area contributed by atoms with Crippen LogP contribution in [0.4, 0.5) is 11.9 Å². The molecule has 7 heteroatoms. The molecule has 0 fully saturated rings. The number of rotatable bonds is 4. The highest BCUT2D eigenvalue weighted by Gasteiger charge is 2.10. The van der Waals surface area contributed by atoms with Crippen LogP contribution in [0.15, 0.2) is 24.5 Å². The molecular weight excluding hydrogens is 264 g/mol. The summed E-state index contributed by atoms with van der Waals surface area (Å²) < 4.78 is 0. The van der Waals surface area contributed by atoms with E-state index in [1.54, 1.807) is 17.3 Å². The van der Waals surface area contributed by atoms with Crippen LogP contribution >= 0.6 is 11.6 Å². The Balaban J connectivity index is 2.21. The van der Waals surface area contributed by atoms with Gasteiger partial charge in [-0.15, -0.1) is 0 Å². The second kappa shape index (κ2) is 5.79. The molecule has 2 heterocycles. The van der Waals surface area contributed by atoms with Gasteiger partial charge in [-0.25, -0.2) is 0 Å². The van der Waals surface area contributed by atoms with E-state index in [-0.39, 0.29) is 5.28 Å². The number of pyridine rings is 1. The summed E-state index contributed by atoms with van der Waals surface area (Å²) in [6, 6.07) is 3.90. The zero-order valence-corrected chi connectivity index (χ0v) is 11.8. The molecule has 0 bridgehead atoms. The first kappa shape index (κ1) is 13.5. The average molecular weight is 279 g/mol. The van der Waals surface area contributed by atoms with Gasteiger partial charge in [0.15, 0.2) is 0 Å². The Morgan fingerprint density at radius 3 is 2.26 bits per heavy atom. The van der Waals surface area contributed by atoms with E-state index in [9.17, 15) is 0 Å². The number of aromatic nitrogens is 4. The number of halogens is 1. The molecule has 0 unspecified atom stereocenters. The smallest absolute Gasteiger partial charge is 0.231 e. The Kier molecular flexibility index (Phi) is 4.11. The van der Waals surface area contributed by atoms with Gasteiger partial charge in [0.2, 0.25) is 17.2 Å². The van der Waals surface area contributed by atoms with Crippen molar-refractivity contribution in [1.82, 2.24) is 19.9 Å². The standard InChI is InChI=1S/C12H15ClN6/c1-18(2)11-15-10(13)16-12(17-11)19(3)8-9-4-6-14-7-5-9/h4-7H,8H2,1-3H3. The van der Waals surface area contributed by atoms with Gasteiger partial charge < -0.3 is 9.80 Å². The van der Waals surface area contributed by atoms with Gasteiger partial charge in [-0.05, 0) is 29.3 Å². The van der Waals surface area contributed by atoms with E-state index in [1.165, 1.54) is 0 Å². The Hall–Kier alpha value is -1.95. The summed E-state index contributed by atoms with van der Waals surface area (Å²) in [5, 5.41) is 0.190. The second-order valence-corrected chi connectivity index (χ2v) is 4.65. The summed E-state index contributed by atoms with van der Waals surface area (Å²) in [7, 11) is 5.63. The van der Waals surface area contributed by atoms with E-state index in [2.05, 4.69) is 19.9 Å². The SMILES string of the molecule is CN(C)c1nc(Cl)nc(N(C)Cc2ccncc2)n1. The topological polar surface area (TPSA) is 58.0 Å². The molecule has 0 aliphatic carbocycles. The van der Waals surface area contributed by atoms with Crippen molar-refractivity contribution in [3.8, 4) is 0 Å². The fourth-order valence-corrected chi connectivity index (χ4v) is 1.68. The van der Waals surface area contributed by atoms with Crippen molar-refractivity contribution in [1.29, 1.82) is 0 Å². The Morgan fingerprint density at radius 1 is 1.00 bits per heavy atom. The normalized spacial score (nSPS) is 10.3. The van der Waals surface area contributed by atoms with Gasteiger partial charge in [0, 0.05) is 40.1 Å². The maximum Gasteiger partial charge on any atom is 0.231 e. The van der Waals surface area contributed by atoms with Crippen molar-refractivity contribution in [3.63, 3.8) is 0 Å². The van der Waals surface area contributed by atoms with Gasteiger partial charge >= 0.3 is 0 Å². The second-order valence-electron chi connectivity index (χ2n) is 4.31. The number of anilines is 2. The van der Waals surface area contributed by atoms with Gasteiger partial charge in [0.1, 0.15) is 0 Å². The molecule has 2 rings (SSSR count). The van der Waals surface area contributed by atoms with Crippen molar-refractivity contribution in [2.75, 3.05) is 30.9 Å². The Bertz CT molecular complexity index is 545. The van der Waals surface area contributed by atoms with E-state index in [0.717, 1.165) is 5.56 Å². The van der Waals surface area contributed by atoms with Crippen LogP contribution in [0, 0.1) is 0 Å². The van der Waals surface area contributed by atoms with Crippen LogP contribution in [0.25, 0.3) is 0 Å². The largest absolute Gasteiger partial charge is 0.347 e. The predicted molar refractivity (Wildman–Crippen MR) is 75.5 cm³/mol. The maximum atomic E-state index is 5.92. The van der Waals surface area contributed by atoms with Crippen LogP contribution < -0.4 is 9.80 Å². The lowest BCUT2D eigenvalue weighted by atomic mass is 10.2. The van der Waals surface area contributed by atoms with Gasteiger partial charge in [0.25, 0.3) is 0 Å².